The number of hydrogen-bond donors (Lipinski definition) is 7. The van der Waals surface area contributed by atoms with Crippen molar-refractivity contribution < 1.29 is 28.1 Å². The highest BCUT2D eigenvalue weighted by Crippen LogP contribution is 2.41. The Morgan fingerprint density at radius 3 is 2.60 bits per heavy atom. The van der Waals surface area contributed by atoms with Crippen LogP contribution in [0.15, 0.2) is 18.2 Å². The first kappa shape index (κ1) is 33.2. The molecule has 45 heavy (non-hydrogen) atoms. The predicted octanol–water partition coefficient (Wildman–Crippen LogP) is 1.47. The Kier molecular flexibility index (Phi) is 9.87. The minimum atomic E-state index is -4.22. The molecule has 4 aliphatic heterocycles. The third kappa shape index (κ3) is 6.95. The van der Waals surface area contributed by atoms with E-state index in [4.69, 9.17) is 10.5 Å². The number of rotatable bonds is 11. The van der Waals surface area contributed by atoms with Crippen LogP contribution >= 0.6 is 0 Å². The van der Waals surface area contributed by atoms with Gasteiger partial charge in [0.2, 0.25) is 0 Å². The van der Waals surface area contributed by atoms with Crippen LogP contribution in [0.25, 0.3) is 0 Å². The molecule has 6 rings (SSSR count). The van der Waals surface area contributed by atoms with Gasteiger partial charge in [0.1, 0.15) is 24.5 Å². The van der Waals surface area contributed by atoms with Gasteiger partial charge in [0, 0.05) is 31.8 Å². The van der Waals surface area contributed by atoms with Gasteiger partial charge >= 0.3 is 6.18 Å². The van der Waals surface area contributed by atoms with Crippen LogP contribution in [0.3, 0.4) is 0 Å². The molecule has 0 bridgehead atoms. The molecule has 254 valence electrons. The normalized spacial score (nSPS) is 36.8. The Hall–Kier alpha value is -1.75. The molecule has 0 aromatic heterocycles. The Labute approximate surface area is 264 Å². The van der Waals surface area contributed by atoms with Gasteiger partial charge in [-0.2, -0.15) is 13.2 Å². The second-order valence-corrected chi connectivity index (χ2v) is 13.9. The number of aliphatic hydroxyl groups excluding tert-OH is 2. The maximum atomic E-state index is 13.0. The van der Waals surface area contributed by atoms with Crippen LogP contribution in [0.5, 0.6) is 0 Å². The van der Waals surface area contributed by atoms with Crippen molar-refractivity contribution in [3.8, 4) is 0 Å². The zero-order valence-corrected chi connectivity index (χ0v) is 26.5. The molecule has 4 fully saturated rings. The monoisotopic (exact) mass is 640 g/mol. The van der Waals surface area contributed by atoms with Gasteiger partial charge in [-0.05, 0) is 69.6 Å². The number of nitrogens with two attached hydrogens (primary N) is 1. The molecule has 8 atom stereocenters. The molecule has 0 spiro atoms. The van der Waals surface area contributed by atoms with Gasteiger partial charge in [0.05, 0.1) is 49.0 Å². The summed E-state index contributed by atoms with van der Waals surface area (Å²) in [6, 6.07) is 5.66. The van der Waals surface area contributed by atoms with Gasteiger partial charge in [-0.25, -0.2) is 4.90 Å². The summed E-state index contributed by atoms with van der Waals surface area (Å²) in [4.78, 5) is 6.66. The number of aliphatic hydroxyl groups is 2. The van der Waals surface area contributed by atoms with E-state index in [2.05, 4.69) is 51.8 Å². The highest BCUT2D eigenvalue weighted by Gasteiger charge is 2.52. The molecule has 0 radical (unpaired) electrons. The standard InChI is InChI=1S/C31H51F3N8O3/c1-4-9-40-22-12-19(13-31(32,33)34)5-7-21(22)39-24(40)8-6-18-10-20(11-18)41(17(2)3)14-23-26(43)27(44)30(45-23)42-16-38-25-28(35)36-15-37-29(25)42/h5,7,12,17-18,20,23-30,36-39,43-44H,4,6,8-11,13-16,35H2,1-3H3/t18?,20?,23-,24?,25?,26-,27-,28?,29?,30-/m1/s1. The average Bonchev–Trinajstić information content (AvgIpc) is 3.61. The van der Waals surface area contributed by atoms with Crippen molar-refractivity contribution in [2.45, 2.75) is 127 Å². The first-order chi connectivity index (χ1) is 21.4. The van der Waals surface area contributed by atoms with E-state index in [-0.39, 0.29) is 30.6 Å². The number of alkyl halides is 3. The molecular formula is C31H51F3N8O3. The second-order valence-electron chi connectivity index (χ2n) is 13.9. The van der Waals surface area contributed by atoms with Crippen molar-refractivity contribution in [3.05, 3.63) is 23.8 Å². The Bertz CT molecular complexity index is 1160. The third-order valence-corrected chi connectivity index (χ3v) is 10.4. The highest BCUT2D eigenvalue weighted by atomic mass is 19.4. The summed E-state index contributed by atoms with van der Waals surface area (Å²) in [5, 5.41) is 35.6. The molecule has 11 nitrogen and oxygen atoms in total. The van der Waals surface area contributed by atoms with Crippen molar-refractivity contribution in [2.75, 3.05) is 36.6 Å². The van der Waals surface area contributed by atoms with Gasteiger partial charge < -0.3 is 30.9 Å². The molecule has 1 aromatic rings. The third-order valence-electron chi connectivity index (χ3n) is 10.4. The fourth-order valence-corrected chi connectivity index (χ4v) is 8.04. The zero-order chi connectivity index (χ0) is 32.0. The van der Waals surface area contributed by atoms with Crippen LogP contribution in [0.2, 0.25) is 0 Å². The van der Waals surface area contributed by atoms with Crippen molar-refractivity contribution in [1.82, 2.24) is 25.8 Å². The molecule has 1 aromatic carbocycles. The van der Waals surface area contributed by atoms with Gasteiger partial charge in [-0.15, -0.1) is 0 Å². The number of ether oxygens (including phenoxy) is 1. The molecule has 14 heteroatoms. The van der Waals surface area contributed by atoms with Gasteiger partial charge in [-0.3, -0.25) is 20.9 Å². The van der Waals surface area contributed by atoms with E-state index < -0.39 is 37.1 Å². The van der Waals surface area contributed by atoms with Crippen LogP contribution in [0.1, 0.15) is 58.4 Å². The molecule has 1 saturated carbocycles. The lowest BCUT2D eigenvalue weighted by atomic mass is 9.76. The summed E-state index contributed by atoms with van der Waals surface area (Å²) in [6.45, 7) is 8.80. The zero-order valence-electron chi connectivity index (χ0n) is 26.5. The first-order valence-corrected chi connectivity index (χ1v) is 16.6. The van der Waals surface area contributed by atoms with E-state index in [0.717, 1.165) is 50.0 Å². The van der Waals surface area contributed by atoms with Gasteiger partial charge in [0.25, 0.3) is 0 Å². The highest BCUT2D eigenvalue weighted by molar-refractivity contribution is 5.76. The number of anilines is 2. The van der Waals surface area contributed by atoms with Crippen LogP contribution in [0.4, 0.5) is 24.5 Å². The number of nitrogens with zero attached hydrogens (tertiary/aromatic N) is 3. The van der Waals surface area contributed by atoms with Crippen molar-refractivity contribution in [3.63, 3.8) is 0 Å². The fourth-order valence-electron chi connectivity index (χ4n) is 8.04. The number of fused-ring (bicyclic) bond motifs is 2. The van der Waals surface area contributed by atoms with Gasteiger partial charge in [0.15, 0.2) is 0 Å². The number of nitrogens with one attached hydrogen (secondary N) is 4. The fraction of sp³-hybridized carbons (Fsp3) is 0.806. The Balaban J connectivity index is 1.01. The van der Waals surface area contributed by atoms with E-state index in [1.807, 2.05) is 4.90 Å². The summed E-state index contributed by atoms with van der Waals surface area (Å²) in [6.07, 6.45) is -3.57. The molecule has 8 N–H and O–H groups in total. The van der Waals surface area contributed by atoms with Crippen LogP contribution in [0, 0.1) is 5.92 Å². The van der Waals surface area contributed by atoms with E-state index in [1.165, 1.54) is 0 Å². The molecule has 4 unspecified atom stereocenters. The van der Waals surface area contributed by atoms with Crippen LogP contribution < -0.4 is 31.9 Å². The topological polar surface area (TPSA) is 134 Å². The number of halogens is 3. The van der Waals surface area contributed by atoms with Crippen molar-refractivity contribution in [1.29, 1.82) is 0 Å². The molecular weight excluding hydrogens is 589 g/mol. The lowest BCUT2D eigenvalue weighted by molar-refractivity contribution is -0.127. The molecule has 5 aliphatic rings. The molecule has 0 amide bonds. The predicted molar refractivity (Wildman–Crippen MR) is 166 cm³/mol. The Morgan fingerprint density at radius 2 is 1.89 bits per heavy atom. The minimum absolute atomic E-state index is 0.0284. The lowest BCUT2D eigenvalue weighted by Gasteiger charge is -2.46. The van der Waals surface area contributed by atoms with Crippen molar-refractivity contribution in [2.24, 2.45) is 11.7 Å². The molecule has 1 aliphatic carbocycles. The minimum Gasteiger partial charge on any atom is -0.387 e. The number of benzene rings is 1. The quantitative estimate of drug-likeness (QED) is 0.190. The SMILES string of the molecule is CCCN1c2cc(CC(F)(F)F)ccc2NC1CCC1CC(N(C[C@H]2O[C@@H](N3CNC4C(N)NCNC43)[C@H](O)[C@@H]2O)C(C)C)C1. The lowest BCUT2D eigenvalue weighted by Crippen LogP contribution is -2.68. The van der Waals surface area contributed by atoms with Crippen molar-refractivity contribution >= 4 is 11.4 Å². The summed E-state index contributed by atoms with van der Waals surface area (Å²) >= 11 is 0. The summed E-state index contributed by atoms with van der Waals surface area (Å²) < 4.78 is 45.5. The van der Waals surface area contributed by atoms with Gasteiger partial charge in [-0.1, -0.05) is 13.0 Å². The maximum Gasteiger partial charge on any atom is 0.393 e. The van der Waals surface area contributed by atoms with E-state index in [1.54, 1.807) is 18.2 Å². The maximum absolute atomic E-state index is 13.0. The Morgan fingerprint density at radius 1 is 1.11 bits per heavy atom. The van der Waals surface area contributed by atoms with E-state index in [9.17, 15) is 23.4 Å². The van der Waals surface area contributed by atoms with Crippen LogP contribution in [-0.4, -0.2) is 114 Å². The summed E-state index contributed by atoms with van der Waals surface area (Å²) in [5.41, 5.74) is 8.29. The van der Waals surface area contributed by atoms with E-state index >= 15 is 0 Å². The largest absolute Gasteiger partial charge is 0.393 e. The molecule has 4 heterocycles. The summed E-state index contributed by atoms with van der Waals surface area (Å²) in [7, 11) is 0. The smallest absolute Gasteiger partial charge is 0.387 e. The van der Waals surface area contributed by atoms with E-state index in [0.29, 0.717) is 37.4 Å². The van der Waals surface area contributed by atoms with Crippen LogP contribution in [-0.2, 0) is 11.2 Å². The molecule has 3 saturated heterocycles. The number of hydrogen-bond acceptors (Lipinski definition) is 11. The summed E-state index contributed by atoms with van der Waals surface area (Å²) in [5.74, 6) is 0.557. The average molecular weight is 641 g/mol. The second kappa shape index (κ2) is 13.4. The first-order valence-electron chi connectivity index (χ1n) is 16.6.